The fraction of sp³-hybridized carbons (Fsp3) is 0.385. The van der Waals surface area contributed by atoms with E-state index in [1.165, 1.54) is 0 Å². The van der Waals surface area contributed by atoms with Crippen molar-refractivity contribution in [3.63, 3.8) is 0 Å². The third kappa shape index (κ3) is 4.36. The minimum absolute atomic E-state index is 0.300. The van der Waals surface area contributed by atoms with Crippen LogP contribution in [0.5, 0.6) is 0 Å². The summed E-state index contributed by atoms with van der Waals surface area (Å²) in [5.41, 5.74) is 1.42. The van der Waals surface area contributed by atoms with Gasteiger partial charge in [0.2, 0.25) is 5.78 Å². The Labute approximate surface area is 101 Å². The van der Waals surface area contributed by atoms with Crippen molar-refractivity contribution in [1.82, 2.24) is 5.32 Å². The van der Waals surface area contributed by atoms with Gasteiger partial charge in [-0.25, -0.2) is 0 Å². The van der Waals surface area contributed by atoms with Gasteiger partial charge in [0.15, 0.2) is 0 Å². The summed E-state index contributed by atoms with van der Waals surface area (Å²) in [4.78, 5) is 23.1. The van der Waals surface area contributed by atoms with E-state index in [0.717, 1.165) is 5.56 Å². The number of aryl methyl sites for hydroxylation is 1. The van der Waals surface area contributed by atoms with E-state index in [2.05, 4.69) is 5.32 Å². The van der Waals surface area contributed by atoms with E-state index in [-0.39, 0.29) is 0 Å². The zero-order chi connectivity index (χ0) is 12.8. The van der Waals surface area contributed by atoms with Gasteiger partial charge >= 0.3 is 0 Å². The van der Waals surface area contributed by atoms with Gasteiger partial charge in [-0.05, 0) is 20.3 Å². The van der Waals surface area contributed by atoms with Crippen molar-refractivity contribution in [2.24, 2.45) is 0 Å². The quantitative estimate of drug-likeness (QED) is 0.592. The van der Waals surface area contributed by atoms with Gasteiger partial charge in [0.05, 0.1) is 6.10 Å². The van der Waals surface area contributed by atoms with Crippen molar-refractivity contribution in [2.75, 3.05) is 6.54 Å². The van der Waals surface area contributed by atoms with Crippen molar-refractivity contribution in [3.8, 4) is 0 Å². The topological polar surface area (TPSA) is 66.4 Å². The molecule has 1 atom stereocenters. The van der Waals surface area contributed by atoms with Crippen LogP contribution in [0.1, 0.15) is 29.3 Å². The molecule has 0 saturated heterocycles. The molecule has 92 valence electrons. The van der Waals surface area contributed by atoms with Crippen LogP contribution in [-0.2, 0) is 4.79 Å². The second-order valence-corrected chi connectivity index (χ2v) is 4.09. The number of hydrogen-bond acceptors (Lipinski definition) is 3. The highest BCUT2D eigenvalue weighted by Crippen LogP contribution is 2.04. The van der Waals surface area contributed by atoms with Crippen molar-refractivity contribution in [1.29, 1.82) is 0 Å². The van der Waals surface area contributed by atoms with E-state index in [1.54, 1.807) is 31.2 Å². The lowest BCUT2D eigenvalue weighted by Crippen LogP contribution is -2.32. The van der Waals surface area contributed by atoms with Crippen LogP contribution in [0.25, 0.3) is 0 Å². The first kappa shape index (κ1) is 13.4. The molecule has 0 spiro atoms. The number of aliphatic hydroxyl groups is 1. The fourth-order valence-corrected chi connectivity index (χ4v) is 1.31. The van der Waals surface area contributed by atoms with Crippen LogP contribution >= 0.6 is 0 Å². The second-order valence-electron chi connectivity index (χ2n) is 4.09. The van der Waals surface area contributed by atoms with Crippen LogP contribution in [0.2, 0.25) is 0 Å². The van der Waals surface area contributed by atoms with Crippen LogP contribution in [0.15, 0.2) is 24.3 Å². The summed E-state index contributed by atoms with van der Waals surface area (Å²) < 4.78 is 0. The highest BCUT2D eigenvalue weighted by atomic mass is 16.3. The predicted molar refractivity (Wildman–Crippen MR) is 64.8 cm³/mol. The van der Waals surface area contributed by atoms with Crippen LogP contribution in [-0.4, -0.2) is 29.4 Å². The minimum atomic E-state index is -0.630. The van der Waals surface area contributed by atoms with E-state index >= 15 is 0 Å². The summed E-state index contributed by atoms with van der Waals surface area (Å²) >= 11 is 0. The smallest absolute Gasteiger partial charge is 0.292 e. The molecule has 1 amide bonds. The standard InChI is InChI=1S/C13H17NO3/c1-9-3-5-11(6-4-9)12(16)13(17)14-8-7-10(2)15/h3-6,10,15H,7-8H2,1-2H3,(H,14,17). The molecule has 0 aromatic heterocycles. The number of hydrogen-bond donors (Lipinski definition) is 2. The number of benzene rings is 1. The Kier molecular flexibility index (Phi) is 4.84. The summed E-state index contributed by atoms with van der Waals surface area (Å²) in [7, 11) is 0. The van der Waals surface area contributed by atoms with E-state index in [4.69, 9.17) is 5.11 Å². The molecular formula is C13H17NO3. The highest BCUT2D eigenvalue weighted by Gasteiger charge is 2.15. The Balaban J connectivity index is 2.52. The van der Waals surface area contributed by atoms with Gasteiger partial charge in [-0.1, -0.05) is 29.8 Å². The zero-order valence-electron chi connectivity index (χ0n) is 10.1. The molecule has 0 aliphatic carbocycles. The van der Waals surface area contributed by atoms with Gasteiger partial charge in [-0.2, -0.15) is 0 Å². The van der Waals surface area contributed by atoms with Crippen LogP contribution < -0.4 is 5.32 Å². The monoisotopic (exact) mass is 235 g/mol. The van der Waals surface area contributed by atoms with Crippen LogP contribution in [0, 0.1) is 6.92 Å². The number of carbonyl (C=O) groups is 2. The first-order valence-corrected chi connectivity index (χ1v) is 5.58. The average Bonchev–Trinajstić information content (AvgIpc) is 2.28. The number of carbonyl (C=O) groups excluding carboxylic acids is 2. The molecule has 4 nitrogen and oxygen atoms in total. The van der Waals surface area contributed by atoms with Crippen molar-refractivity contribution in [3.05, 3.63) is 35.4 Å². The normalized spacial score (nSPS) is 11.9. The Morgan fingerprint density at radius 2 is 1.88 bits per heavy atom. The van der Waals surface area contributed by atoms with Gasteiger partial charge in [-0.3, -0.25) is 9.59 Å². The molecule has 2 N–H and O–H groups in total. The summed E-state index contributed by atoms with van der Waals surface area (Å²) in [5, 5.41) is 11.5. The van der Waals surface area contributed by atoms with E-state index in [0.29, 0.717) is 18.5 Å². The maximum atomic E-state index is 11.7. The van der Waals surface area contributed by atoms with Gasteiger partial charge in [-0.15, -0.1) is 0 Å². The van der Waals surface area contributed by atoms with Gasteiger partial charge in [0.1, 0.15) is 0 Å². The van der Waals surface area contributed by atoms with Crippen molar-refractivity contribution < 1.29 is 14.7 Å². The number of rotatable bonds is 5. The zero-order valence-corrected chi connectivity index (χ0v) is 10.1. The summed E-state index contributed by atoms with van der Waals surface area (Å²) in [6.07, 6.45) is -0.0443. The first-order valence-electron chi connectivity index (χ1n) is 5.58. The summed E-state index contributed by atoms with van der Waals surface area (Å²) in [6.45, 7) is 3.85. The number of nitrogens with one attached hydrogen (secondary N) is 1. The molecule has 0 aliphatic rings. The molecule has 0 saturated carbocycles. The Morgan fingerprint density at radius 1 is 1.29 bits per heavy atom. The Bertz CT molecular complexity index is 396. The number of amides is 1. The molecule has 0 heterocycles. The lowest BCUT2D eigenvalue weighted by molar-refractivity contribution is -0.117. The molecule has 0 aliphatic heterocycles. The molecule has 1 rings (SSSR count). The molecule has 0 bridgehead atoms. The van der Waals surface area contributed by atoms with Gasteiger partial charge in [0.25, 0.3) is 5.91 Å². The third-order valence-electron chi connectivity index (χ3n) is 2.37. The van der Waals surface area contributed by atoms with E-state index < -0.39 is 17.8 Å². The molecule has 1 aromatic carbocycles. The van der Waals surface area contributed by atoms with E-state index in [1.807, 2.05) is 6.92 Å². The maximum Gasteiger partial charge on any atom is 0.292 e. The minimum Gasteiger partial charge on any atom is -0.393 e. The molecule has 1 unspecified atom stereocenters. The van der Waals surface area contributed by atoms with Crippen molar-refractivity contribution >= 4 is 11.7 Å². The summed E-state index contributed by atoms with van der Waals surface area (Å²) in [6, 6.07) is 6.84. The fourth-order valence-electron chi connectivity index (χ4n) is 1.31. The lowest BCUT2D eigenvalue weighted by atomic mass is 10.1. The molecule has 17 heavy (non-hydrogen) atoms. The first-order chi connectivity index (χ1) is 8.00. The number of ketones is 1. The molecular weight excluding hydrogens is 218 g/mol. The third-order valence-corrected chi connectivity index (χ3v) is 2.37. The highest BCUT2D eigenvalue weighted by molar-refractivity contribution is 6.42. The number of Topliss-reactive ketones (excluding diaryl/α,β-unsaturated/α-hetero) is 1. The molecule has 0 radical (unpaired) electrons. The summed E-state index contributed by atoms with van der Waals surface area (Å²) in [5.74, 6) is -1.18. The van der Waals surface area contributed by atoms with Crippen LogP contribution in [0.3, 0.4) is 0 Å². The average molecular weight is 235 g/mol. The lowest BCUT2D eigenvalue weighted by Gasteiger charge is -2.06. The SMILES string of the molecule is Cc1ccc(C(=O)C(=O)NCCC(C)O)cc1. The molecule has 4 heteroatoms. The largest absolute Gasteiger partial charge is 0.393 e. The predicted octanol–water partition coefficient (Wildman–Crippen LogP) is 1.06. The van der Waals surface area contributed by atoms with Crippen molar-refractivity contribution in [2.45, 2.75) is 26.4 Å². The molecule has 1 aromatic rings. The number of aliphatic hydroxyl groups excluding tert-OH is 1. The van der Waals surface area contributed by atoms with Gasteiger partial charge < -0.3 is 10.4 Å². The van der Waals surface area contributed by atoms with Gasteiger partial charge in [0, 0.05) is 12.1 Å². The molecule has 0 fully saturated rings. The van der Waals surface area contributed by atoms with E-state index in [9.17, 15) is 9.59 Å². The van der Waals surface area contributed by atoms with Crippen LogP contribution in [0.4, 0.5) is 0 Å². The maximum absolute atomic E-state index is 11.7. The Morgan fingerprint density at radius 3 is 2.41 bits per heavy atom. The second kappa shape index (κ2) is 6.15. The Hall–Kier alpha value is -1.68.